The summed E-state index contributed by atoms with van der Waals surface area (Å²) in [6.07, 6.45) is 4.83. The Morgan fingerprint density at radius 1 is 0.962 bits per heavy atom. The lowest BCUT2D eigenvalue weighted by Crippen LogP contribution is -2.30. The number of nitrogens with zero attached hydrogens (tertiary/aromatic N) is 3. The van der Waals surface area contributed by atoms with Crippen molar-refractivity contribution in [1.82, 2.24) is 14.7 Å². The van der Waals surface area contributed by atoms with Crippen LogP contribution in [0.2, 0.25) is 0 Å². The van der Waals surface area contributed by atoms with Crippen LogP contribution in [0.25, 0.3) is 5.69 Å². The molecule has 4 nitrogen and oxygen atoms in total. The lowest BCUT2D eigenvalue weighted by atomic mass is 10.1. The van der Waals surface area contributed by atoms with Gasteiger partial charge in [-0.25, -0.2) is 9.07 Å². The third kappa shape index (κ3) is 5.66. The van der Waals surface area contributed by atoms with Gasteiger partial charge in [-0.1, -0.05) is 30.3 Å². The average Bonchev–Trinajstić information content (AvgIpc) is 3.10. The molecule has 3 rings (SSSR count). The lowest BCUT2D eigenvalue weighted by molar-refractivity contribution is 0.276. The first-order chi connectivity index (χ1) is 12.2. The summed E-state index contributed by atoms with van der Waals surface area (Å²) in [6.45, 7) is 3.21. The first-order valence-electron chi connectivity index (χ1n) is 8.50. The van der Waals surface area contributed by atoms with Crippen molar-refractivity contribution in [3.63, 3.8) is 0 Å². The smallest absolute Gasteiger partial charge is 0.123 e. The monoisotopic (exact) mass is 374 g/mol. The Morgan fingerprint density at radius 3 is 2.38 bits per heavy atom. The third-order valence-corrected chi connectivity index (χ3v) is 4.14. The van der Waals surface area contributed by atoms with E-state index in [4.69, 9.17) is 5.73 Å². The molecule has 3 aromatic rings. The zero-order valence-corrected chi connectivity index (χ0v) is 15.4. The summed E-state index contributed by atoms with van der Waals surface area (Å²) in [4.78, 5) is 2.33. The number of hydrogen-bond donors (Lipinski definition) is 1. The van der Waals surface area contributed by atoms with Crippen molar-refractivity contribution in [3.8, 4) is 5.69 Å². The molecule has 26 heavy (non-hydrogen) atoms. The molecule has 0 aliphatic carbocycles. The van der Waals surface area contributed by atoms with E-state index in [0.717, 1.165) is 37.3 Å². The van der Waals surface area contributed by atoms with E-state index in [-0.39, 0.29) is 18.2 Å². The quantitative estimate of drug-likeness (QED) is 0.657. The zero-order chi connectivity index (χ0) is 17.5. The largest absolute Gasteiger partial charge is 0.329 e. The molecule has 1 heterocycles. The molecular formula is C20H24ClFN4. The van der Waals surface area contributed by atoms with Gasteiger partial charge in [-0.05, 0) is 36.2 Å². The molecular weight excluding hydrogens is 351 g/mol. The molecule has 0 spiro atoms. The Morgan fingerprint density at radius 2 is 1.69 bits per heavy atom. The van der Waals surface area contributed by atoms with Gasteiger partial charge in [0.1, 0.15) is 5.82 Å². The zero-order valence-electron chi connectivity index (χ0n) is 14.6. The summed E-state index contributed by atoms with van der Waals surface area (Å²) in [7, 11) is 0. The second-order valence-corrected chi connectivity index (χ2v) is 6.07. The molecule has 1 aromatic heterocycles. The number of rotatable bonds is 8. The Balaban J connectivity index is 0.00000243. The van der Waals surface area contributed by atoms with Crippen LogP contribution in [0.4, 0.5) is 4.39 Å². The van der Waals surface area contributed by atoms with Crippen LogP contribution in [0.15, 0.2) is 67.0 Å². The van der Waals surface area contributed by atoms with Gasteiger partial charge < -0.3 is 5.73 Å². The van der Waals surface area contributed by atoms with Crippen LogP contribution >= 0.6 is 12.4 Å². The fourth-order valence-electron chi connectivity index (χ4n) is 2.82. The maximum absolute atomic E-state index is 13.0. The summed E-state index contributed by atoms with van der Waals surface area (Å²) in [6, 6.07) is 16.8. The molecule has 0 saturated heterocycles. The maximum atomic E-state index is 13.0. The highest BCUT2D eigenvalue weighted by Gasteiger charge is 2.08. The molecule has 2 aromatic carbocycles. The number of aromatic nitrogens is 2. The van der Waals surface area contributed by atoms with Crippen molar-refractivity contribution in [1.29, 1.82) is 0 Å². The molecule has 0 aliphatic heterocycles. The van der Waals surface area contributed by atoms with Crippen molar-refractivity contribution < 1.29 is 4.39 Å². The Labute approximate surface area is 159 Å². The molecule has 2 N–H and O–H groups in total. The minimum atomic E-state index is -0.244. The molecule has 0 amide bonds. The molecule has 6 heteroatoms. The summed E-state index contributed by atoms with van der Waals surface area (Å²) in [5.74, 6) is -0.244. The first-order valence-corrected chi connectivity index (χ1v) is 8.50. The summed E-state index contributed by atoms with van der Waals surface area (Å²) in [5.41, 5.74) is 9.06. The predicted octanol–water partition coefficient (Wildman–Crippen LogP) is 3.44. The van der Waals surface area contributed by atoms with E-state index in [1.807, 2.05) is 18.5 Å². The fraction of sp³-hybridized carbons (Fsp3) is 0.250. The summed E-state index contributed by atoms with van der Waals surface area (Å²) < 4.78 is 14.8. The van der Waals surface area contributed by atoms with E-state index in [9.17, 15) is 4.39 Å². The van der Waals surface area contributed by atoms with Crippen molar-refractivity contribution in [2.45, 2.75) is 13.0 Å². The van der Waals surface area contributed by atoms with Gasteiger partial charge in [0.15, 0.2) is 0 Å². The number of halogens is 2. The van der Waals surface area contributed by atoms with Crippen LogP contribution < -0.4 is 5.73 Å². The molecule has 0 bridgehead atoms. The summed E-state index contributed by atoms with van der Waals surface area (Å²) in [5, 5.41) is 4.38. The Kier molecular flexibility index (Phi) is 7.78. The molecule has 0 saturated carbocycles. The van der Waals surface area contributed by atoms with Crippen molar-refractivity contribution in [3.05, 3.63) is 83.9 Å². The van der Waals surface area contributed by atoms with Crippen LogP contribution in [0, 0.1) is 5.82 Å². The summed E-state index contributed by atoms with van der Waals surface area (Å²) >= 11 is 0. The van der Waals surface area contributed by atoms with Gasteiger partial charge >= 0.3 is 0 Å². The van der Waals surface area contributed by atoms with Crippen LogP contribution in [-0.2, 0) is 13.0 Å². The second kappa shape index (κ2) is 10.1. The first kappa shape index (κ1) is 20.1. The standard InChI is InChI=1S/C20H23FN4.ClH/c21-19-6-8-20(9-7-19)25-16-18(14-23-25)15-24(13-11-22)12-10-17-4-2-1-3-5-17;/h1-9,14,16H,10-13,15,22H2;1H. The topological polar surface area (TPSA) is 47.1 Å². The highest BCUT2D eigenvalue weighted by Crippen LogP contribution is 2.11. The minimum absolute atomic E-state index is 0. The molecule has 138 valence electrons. The van der Waals surface area contributed by atoms with Crippen LogP contribution in [-0.4, -0.2) is 34.3 Å². The van der Waals surface area contributed by atoms with Gasteiger partial charge in [0, 0.05) is 37.9 Å². The van der Waals surface area contributed by atoms with E-state index in [1.54, 1.807) is 16.8 Å². The Bertz CT molecular complexity index is 774. The maximum Gasteiger partial charge on any atom is 0.123 e. The fourth-order valence-corrected chi connectivity index (χ4v) is 2.82. The van der Waals surface area contributed by atoms with Crippen LogP contribution in [0.3, 0.4) is 0 Å². The van der Waals surface area contributed by atoms with E-state index < -0.39 is 0 Å². The molecule has 0 fully saturated rings. The number of hydrogen-bond acceptors (Lipinski definition) is 3. The van der Waals surface area contributed by atoms with Gasteiger partial charge in [0.25, 0.3) is 0 Å². The van der Waals surface area contributed by atoms with Crippen LogP contribution in [0.5, 0.6) is 0 Å². The van der Waals surface area contributed by atoms with Crippen molar-refractivity contribution in [2.24, 2.45) is 5.73 Å². The highest BCUT2D eigenvalue weighted by molar-refractivity contribution is 5.85. The van der Waals surface area contributed by atoms with Crippen molar-refractivity contribution in [2.75, 3.05) is 19.6 Å². The van der Waals surface area contributed by atoms with Gasteiger partial charge in [-0.2, -0.15) is 5.10 Å². The normalized spacial score (nSPS) is 10.7. The molecule has 0 unspecified atom stereocenters. The average molecular weight is 375 g/mol. The molecule has 0 radical (unpaired) electrons. The third-order valence-electron chi connectivity index (χ3n) is 4.14. The SMILES string of the molecule is Cl.NCCN(CCc1ccccc1)Cc1cnn(-c2ccc(F)cc2)c1. The van der Waals surface area contributed by atoms with E-state index in [2.05, 4.69) is 34.3 Å². The van der Waals surface area contributed by atoms with E-state index in [1.165, 1.54) is 17.7 Å². The van der Waals surface area contributed by atoms with Gasteiger partial charge in [-0.3, -0.25) is 4.90 Å². The van der Waals surface area contributed by atoms with E-state index >= 15 is 0 Å². The number of nitrogens with two attached hydrogens (primary N) is 1. The second-order valence-electron chi connectivity index (χ2n) is 6.07. The van der Waals surface area contributed by atoms with Crippen molar-refractivity contribution >= 4 is 12.4 Å². The van der Waals surface area contributed by atoms with Crippen LogP contribution in [0.1, 0.15) is 11.1 Å². The number of benzene rings is 2. The predicted molar refractivity (Wildman–Crippen MR) is 105 cm³/mol. The van der Waals surface area contributed by atoms with E-state index in [0.29, 0.717) is 6.54 Å². The Hall–Kier alpha value is -2.21. The molecule has 0 atom stereocenters. The molecule has 0 aliphatic rings. The highest BCUT2D eigenvalue weighted by atomic mass is 35.5. The van der Waals surface area contributed by atoms with Gasteiger partial charge in [-0.15, -0.1) is 12.4 Å². The van der Waals surface area contributed by atoms with Gasteiger partial charge in [0.05, 0.1) is 11.9 Å². The van der Waals surface area contributed by atoms with Gasteiger partial charge in [0.2, 0.25) is 0 Å². The lowest BCUT2D eigenvalue weighted by Gasteiger charge is -2.20. The minimum Gasteiger partial charge on any atom is -0.329 e.